The lowest BCUT2D eigenvalue weighted by Crippen LogP contribution is -2.62. The van der Waals surface area contributed by atoms with Crippen molar-refractivity contribution in [2.75, 3.05) is 32.7 Å². The van der Waals surface area contributed by atoms with E-state index in [1.807, 2.05) is 17.0 Å². The number of halogens is 1. The van der Waals surface area contributed by atoms with Gasteiger partial charge in [-0.3, -0.25) is 14.5 Å². The summed E-state index contributed by atoms with van der Waals surface area (Å²) in [5.74, 6) is 2.73. The van der Waals surface area contributed by atoms with Crippen molar-refractivity contribution in [2.24, 2.45) is 23.7 Å². The van der Waals surface area contributed by atoms with Gasteiger partial charge in [-0.1, -0.05) is 12.1 Å². The SMILES string of the molecule is O=C(C1CCN(CC(=O)N(Cc2ccc(F)cc2)C23CC4CC(CC(C4)C2)C3)CC1)N1CCCC1. The van der Waals surface area contributed by atoms with Gasteiger partial charge in [0.2, 0.25) is 11.8 Å². The minimum absolute atomic E-state index is 0.0236. The van der Waals surface area contributed by atoms with E-state index in [2.05, 4.69) is 9.80 Å². The molecule has 2 amide bonds. The molecule has 1 aromatic carbocycles. The molecule has 2 aliphatic heterocycles. The van der Waals surface area contributed by atoms with Crippen molar-refractivity contribution < 1.29 is 14.0 Å². The topological polar surface area (TPSA) is 43.9 Å². The molecule has 2 saturated heterocycles. The Kier molecular flexibility index (Phi) is 6.36. The monoisotopic (exact) mass is 481 g/mol. The van der Waals surface area contributed by atoms with Crippen LogP contribution in [-0.4, -0.2) is 64.8 Å². The molecule has 0 atom stereocenters. The van der Waals surface area contributed by atoms with Crippen molar-refractivity contribution in [3.63, 3.8) is 0 Å². The number of carbonyl (C=O) groups excluding carboxylic acids is 2. The zero-order valence-electron chi connectivity index (χ0n) is 21.0. The van der Waals surface area contributed by atoms with Gasteiger partial charge >= 0.3 is 0 Å². The predicted molar refractivity (Wildman–Crippen MR) is 133 cm³/mol. The van der Waals surface area contributed by atoms with E-state index < -0.39 is 0 Å². The Balaban J connectivity index is 1.14. The second kappa shape index (κ2) is 9.49. The third-order valence-corrected chi connectivity index (χ3v) is 9.85. The molecule has 4 bridgehead atoms. The molecule has 190 valence electrons. The van der Waals surface area contributed by atoms with E-state index in [1.165, 1.54) is 31.4 Å². The lowest BCUT2D eigenvalue weighted by molar-refractivity contribution is -0.154. The molecule has 0 N–H and O–H groups in total. The van der Waals surface area contributed by atoms with E-state index in [-0.39, 0.29) is 23.2 Å². The summed E-state index contributed by atoms with van der Waals surface area (Å²) in [4.78, 5) is 33.3. The van der Waals surface area contributed by atoms with E-state index in [9.17, 15) is 14.0 Å². The summed E-state index contributed by atoms with van der Waals surface area (Å²) in [6, 6.07) is 6.71. The number of hydrogen-bond donors (Lipinski definition) is 0. The van der Waals surface area contributed by atoms with Crippen LogP contribution in [0.15, 0.2) is 24.3 Å². The van der Waals surface area contributed by atoms with Gasteiger partial charge in [0.1, 0.15) is 5.82 Å². The number of likely N-dealkylation sites (tertiary alicyclic amines) is 2. The van der Waals surface area contributed by atoms with E-state index >= 15 is 0 Å². The van der Waals surface area contributed by atoms with Gasteiger partial charge in [-0.15, -0.1) is 0 Å². The molecule has 5 nitrogen and oxygen atoms in total. The zero-order valence-corrected chi connectivity index (χ0v) is 21.0. The number of piperidine rings is 1. The van der Waals surface area contributed by atoms with Gasteiger partial charge in [0.15, 0.2) is 0 Å². The summed E-state index contributed by atoms with van der Waals surface area (Å²) >= 11 is 0. The number of rotatable bonds is 6. The third-order valence-electron chi connectivity index (χ3n) is 9.85. The predicted octanol–water partition coefficient (Wildman–Crippen LogP) is 4.46. The molecule has 7 rings (SSSR count). The van der Waals surface area contributed by atoms with Crippen molar-refractivity contribution in [1.82, 2.24) is 14.7 Å². The number of benzene rings is 1. The quantitative estimate of drug-likeness (QED) is 0.603. The van der Waals surface area contributed by atoms with Crippen molar-refractivity contribution in [1.29, 1.82) is 0 Å². The number of carbonyl (C=O) groups is 2. The van der Waals surface area contributed by atoms with E-state index in [1.54, 1.807) is 0 Å². The van der Waals surface area contributed by atoms with Crippen LogP contribution < -0.4 is 0 Å². The number of hydrogen-bond acceptors (Lipinski definition) is 3. The van der Waals surface area contributed by atoms with Gasteiger partial charge in [-0.25, -0.2) is 4.39 Å². The van der Waals surface area contributed by atoms with Crippen LogP contribution in [0, 0.1) is 29.5 Å². The van der Waals surface area contributed by atoms with Gasteiger partial charge in [-0.05, 0) is 113 Å². The van der Waals surface area contributed by atoms with E-state index in [0.29, 0.717) is 19.0 Å². The zero-order chi connectivity index (χ0) is 24.0. The highest BCUT2D eigenvalue weighted by molar-refractivity contribution is 5.80. The summed E-state index contributed by atoms with van der Waals surface area (Å²) in [5, 5.41) is 0. The Morgan fingerprint density at radius 2 is 1.46 bits per heavy atom. The molecular formula is C29H40FN3O2. The first-order chi connectivity index (χ1) is 17.0. The smallest absolute Gasteiger partial charge is 0.237 e. The molecule has 4 aliphatic carbocycles. The molecule has 2 heterocycles. The molecule has 6 aliphatic rings. The normalized spacial score (nSPS) is 32.8. The van der Waals surface area contributed by atoms with Crippen molar-refractivity contribution in [2.45, 2.75) is 76.3 Å². The second-order valence-corrected chi connectivity index (χ2v) is 12.3. The Hall–Kier alpha value is -1.95. The van der Waals surface area contributed by atoms with Gasteiger partial charge in [0.05, 0.1) is 6.54 Å². The Morgan fingerprint density at radius 3 is 2.03 bits per heavy atom. The summed E-state index contributed by atoms with van der Waals surface area (Å²) in [6.45, 7) is 4.49. The molecule has 4 saturated carbocycles. The molecule has 0 radical (unpaired) electrons. The first kappa shape index (κ1) is 23.4. The first-order valence-electron chi connectivity index (χ1n) is 14.0. The maximum absolute atomic E-state index is 14.0. The molecule has 0 unspecified atom stereocenters. The van der Waals surface area contributed by atoms with Crippen LogP contribution in [0.25, 0.3) is 0 Å². The minimum atomic E-state index is -0.229. The van der Waals surface area contributed by atoms with Crippen LogP contribution >= 0.6 is 0 Å². The standard InChI is InChI=1S/C29H40FN3O2/c30-26-5-3-21(4-6-26)19-33(29-16-22-13-23(17-29)15-24(14-22)18-29)27(34)20-31-11-7-25(8-12-31)28(35)32-9-1-2-10-32/h3-6,22-25H,1-2,7-20H2. The molecule has 35 heavy (non-hydrogen) atoms. The van der Waals surface area contributed by atoms with E-state index in [4.69, 9.17) is 0 Å². The van der Waals surface area contributed by atoms with Crippen LogP contribution in [0.4, 0.5) is 4.39 Å². The highest BCUT2D eigenvalue weighted by Crippen LogP contribution is 2.58. The largest absolute Gasteiger partial charge is 0.342 e. The van der Waals surface area contributed by atoms with Crippen molar-refractivity contribution in [3.8, 4) is 0 Å². The molecular weight excluding hydrogens is 441 g/mol. The fourth-order valence-corrected chi connectivity index (χ4v) is 8.50. The van der Waals surface area contributed by atoms with Gasteiger partial charge < -0.3 is 9.80 Å². The van der Waals surface area contributed by atoms with Gasteiger partial charge in [0.25, 0.3) is 0 Å². The summed E-state index contributed by atoms with van der Waals surface area (Å²) in [6.07, 6.45) is 11.4. The fourth-order valence-electron chi connectivity index (χ4n) is 8.50. The van der Waals surface area contributed by atoms with Crippen LogP contribution in [-0.2, 0) is 16.1 Å². The number of amides is 2. The lowest BCUT2D eigenvalue weighted by Gasteiger charge is -2.60. The minimum Gasteiger partial charge on any atom is -0.342 e. The van der Waals surface area contributed by atoms with Crippen molar-refractivity contribution >= 4 is 11.8 Å². The van der Waals surface area contributed by atoms with Crippen LogP contribution in [0.5, 0.6) is 0 Å². The summed E-state index contributed by atoms with van der Waals surface area (Å²) < 4.78 is 13.6. The Morgan fingerprint density at radius 1 is 0.886 bits per heavy atom. The average Bonchev–Trinajstić information content (AvgIpc) is 3.38. The maximum atomic E-state index is 14.0. The Labute approximate surface area is 209 Å². The average molecular weight is 482 g/mol. The number of nitrogens with zero attached hydrogens (tertiary/aromatic N) is 3. The van der Waals surface area contributed by atoms with Crippen LogP contribution in [0.2, 0.25) is 0 Å². The van der Waals surface area contributed by atoms with Crippen LogP contribution in [0.3, 0.4) is 0 Å². The van der Waals surface area contributed by atoms with E-state index in [0.717, 1.165) is 94.4 Å². The van der Waals surface area contributed by atoms with Crippen LogP contribution in [0.1, 0.15) is 69.8 Å². The summed E-state index contributed by atoms with van der Waals surface area (Å²) in [5.41, 5.74) is 0.995. The van der Waals surface area contributed by atoms with Crippen molar-refractivity contribution in [3.05, 3.63) is 35.6 Å². The highest BCUT2D eigenvalue weighted by atomic mass is 19.1. The molecule has 6 heteroatoms. The first-order valence-corrected chi connectivity index (χ1v) is 14.0. The molecule has 0 spiro atoms. The third kappa shape index (κ3) is 4.75. The highest BCUT2D eigenvalue weighted by Gasteiger charge is 2.54. The fraction of sp³-hybridized carbons (Fsp3) is 0.724. The Bertz CT molecular complexity index is 898. The van der Waals surface area contributed by atoms with Gasteiger partial charge in [0, 0.05) is 31.1 Å². The van der Waals surface area contributed by atoms with Gasteiger partial charge in [-0.2, -0.15) is 0 Å². The summed E-state index contributed by atoms with van der Waals surface area (Å²) in [7, 11) is 0. The second-order valence-electron chi connectivity index (χ2n) is 12.3. The molecule has 0 aromatic heterocycles. The maximum Gasteiger partial charge on any atom is 0.237 e. The lowest BCUT2D eigenvalue weighted by atomic mass is 9.52. The molecule has 6 fully saturated rings. The molecule has 1 aromatic rings.